The Hall–Kier alpha value is -3.66. The van der Waals surface area contributed by atoms with Crippen LogP contribution in [0.3, 0.4) is 0 Å². The summed E-state index contributed by atoms with van der Waals surface area (Å²) >= 11 is 0. The zero-order valence-electron chi connectivity index (χ0n) is 15.0. The number of carbonyl (C=O) groups excluding carboxylic acids is 1. The monoisotopic (exact) mass is 368 g/mol. The van der Waals surface area contributed by atoms with Gasteiger partial charge in [0.05, 0.1) is 0 Å². The van der Waals surface area contributed by atoms with E-state index in [2.05, 4.69) is 9.88 Å². The number of carbonyl (C=O) groups is 1. The fourth-order valence-corrected chi connectivity index (χ4v) is 3.79. The number of aromatic nitrogens is 1. The van der Waals surface area contributed by atoms with Gasteiger partial charge in [-0.25, -0.2) is 4.39 Å². The molecule has 28 heavy (non-hydrogen) atoms. The fourth-order valence-electron chi connectivity index (χ4n) is 3.79. The molecular weight excluding hydrogens is 351 g/mol. The third-order valence-corrected chi connectivity index (χ3v) is 5.07. The molecule has 0 saturated heterocycles. The van der Waals surface area contributed by atoms with Crippen LogP contribution in [-0.2, 0) is 11.3 Å². The van der Waals surface area contributed by atoms with Gasteiger partial charge in [0, 0.05) is 46.0 Å². The quantitative estimate of drug-likeness (QED) is 0.488. The summed E-state index contributed by atoms with van der Waals surface area (Å²) < 4.78 is 15.7. The molecule has 1 aliphatic rings. The fraction of sp³-hybridized carbons (Fsp3) is 0.0417. The first-order chi connectivity index (χ1) is 13.7. The largest absolute Gasteiger partial charge is 0.342 e. The Bertz CT molecular complexity index is 1250. The lowest BCUT2D eigenvalue weighted by molar-refractivity contribution is -0.110. The Labute approximate surface area is 161 Å². The molecule has 1 aliphatic heterocycles. The topological polar surface area (TPSA) is 34.0 Å². The van der Waals surface area contributed by atoms with Crippen molar-refractivity contribution in [1.29, 1.82) is 0 Å². The van der Waals surface area contributed by atoms with Gasteiger partial charge in [-0.1, -0.05) is 48.5 Å². The molecule has 0 fully saturated rings. The molecule has 4 aromatic rings. The van der Waals surface area contributed by atoms with E-state index >= 15 is 0 Å². The number of hydrogen-bond acceptors (Lipinski definition) is 1. The van der Waals surface area contributed by atoms with Crippen molar-refractivity contribution in [3.63, 3.8) is 0 Å². The molecule has 0 aliphatic carbocycles. The molecule has 0 bridgehead atoms. The third kappa shape index (κ3) is 2.79. The molecule has 3 aromatic carbocycles. The van der Waals surface area contributed by atoms with Crippen molar-refractivity contribution in [3.05, 3.63) is 102 Å². The summed E-state index contributed by atoms with van der Waals surface area (Å²) in [6, 6.07) is 22.4. The molecule has 136 valence electrons. The first-order valence-corrected chi connectivity index (χ1v) is 9.14. The maximum atomic E-state index is 13.6. The van der Waals surface area contributed by atoms with Crippen molar-refractivity contribution in [2.24, 2.45) is 0 Å². The van der Waals surface area contributed by atoms with Crippen molar-refractivity contribution >= 4 is 34.1 Å². The summed E-state index contributed by atoms with van der Waals surface area (Å²) in [6.45, 7) is 0.560. The SMILES string of the molecule is O=C1Nc2ccccc2/C1=C\c1cn(Cc2cccc(F)c2)c2ccccc12. The molecule has 1 aromatic heterocycles. The molecule has 1 amide bonds. The normalized spacial score (nSPS) is 14.5. The smallest absolute Gasteiger partial charge is 0.256 e. The Balaban J connectivity index is 1.62. The maximum Gasteiger partial charge on any atom is 0.256 e. The van der Waals surface area contributed by atoms with Gasteiger partial charge < -0.3 is 9.88 Å². The van der Waals surface area contributed by atoms with Crippen LogP contribution in [0.15, 0.2) is 79.0 Å². The van der Waals surface area contributed by atoms with Gasteiger partial charge in [0.25, 0.3) is 5.91 Å². The summed E-state index contributed by atoms with van der Waals surface area (Å²) in [7, 11) is 0. The predicted octanol–water partition coefficient (Wildman–Crippen LogP) is 5.32. The highest BCUT2D eigenvalue weighted by molar-refractivity contribution is 6.35. The van der Waals surface area contributed by atoms with Gasteiger partial charge in [0.15, 0.2) is 0 Å². The zero-order valence-corrected chi connectivity index (χ0v) is 15.0. The molecule has 5 rings (SSSR count). The lowest BCUT2D eigenvalue weighted by atomic mass is 10.0. The summed E-state index contributed by atoms with van der Waals surface area (Å²) in [4.78, 5) is 12.5. The number of hydrogen-bond donors (Lipinski definition) is 1. The van der Waals surface area contributed by atoms with Crippen LogP contribution in [0.4, 0.5) is 10.1 Å². The van der Waals surface area contributed by atoms with Crippen LogP contribution < -0.4 is 5.32 Å². The van der Waals surface area contributed by atoms with Crippen molar-refractivity contribution in [2.45, 2.75) is 6.54 Å². The second kappa shape index (κ2) is 6.50. The molecular formula is C24H17FN2O. The number of para-hydroxylation sites is 2. The standard InChI is InChI=1S/C24H17FN2O/c25-18-7-5-6-16(12-18)14-27-15-17(19-8-2-4-11-23(19)27)13-21-20-9-1-3-10-22(20)26-24(21)28/h1-13,15H,14H2,(H,26,28)/b21-13+. The summed E-state index contributed by atoms with van der Waals surface area (Å²) in [5, 5.41) is 3.97. The average Bonchev–Trinajstić information content (AvgIpc) is 3.20. The number of anilines is 1. The Morgan fingerprint density at radius 1 is 0.964 bits per heavy atom. The zero-order chi connectivity index (χ0) is 19.1. The third-order valence-electron chi connectivity index (χ3n) is 5.07. The number of rotatable bonds is 3. The molecule has 0 radical (unpaired) electrons. The molecule has 0 unspecified atom stereocenters. The van der Waals surface area contributed by atoms with E-state index in [0.717, 1.165) is 33.3 Å². The molecule has 4 heteroatoms. The van der Waals surface area contributed by atoms with Gasteiger partial charge in [-0.15, -0.1) is 0 Å². The Morgan fingerprint density at radius 2 is 1.79 bits per heavy atom. The van der Waals surface area contributed by atoms with Crippen LogP contribution in [0.1, 0.15) is 16.7 Å². The average molecular weight is 368 g/mol. The van der Waals surface area contributed by atoms with E-state index in [4.69, 9.17) is 0 Å². The van der Waals surface area contributed by atoms with Crippen molar-refractivity contribution < 1.29 is 9.18 Å². The Morgan fingerprint density at radius 3 is 2.68 bits per heavy atom. The van der Waals surface area contributed by atoms with Crippen LogP contribution in [-0.4, -0.2) is 10.5 Å². The highest BCUT2D eigenvalue weighted by Crippen LogP contribution is 2.34. The second-order valence-electron chi connectivity index (χ2n) is 6.92. The van der Waals surface area contributed by atoms with Gasteiger partial charge >= 0.3 is 0 Å². The van der Waals surface area contributed by atoms with E-state index < -0.39 is 0 Å². The highest BCUT2D eigenvalue weighted by atomic mass is 19.1. The molecule has 1 N–H and O–H groups in total. The van der Waals surface area contributed by atoms with E-state index in [-0.39, 0.29) is 11.7 Å². The number of amides is 1. The van der Waals surface area contributed by atoms with E-state index in [9.17, 15) is 9.18 Å². The van der Waals surface area contributed by atoms with Gasteiger partial charge in [-0.05, 0) is 35.9 Å². The van der Waals surface area contributed by atoms with Gasteiger partial charge in [0.2, 0.25) is 0 Å². The summed E-state index contributed by atoms with van der Waals surface area (Å²) in [5.41, 5.74) is 5.31. The van der Waals surface area contributed by atoms with Crippen LogP contribution in [0.5, 0.6) is 0 Å². The van der Waals surface area contributed by atoms with Crippen LogP contribution >= 0.6 is 0 Å². The van der Waals surface area contributed by atoms with E-state index in [1.165, 1.54) is 6.07 Å². The van der Waals surface area contributed by atoms with Crippen LogP contribution in [0.25, 0.3) is 22.6 Å². The number of fused-ring (bicyclic) bond motifs is 2. The molecule has 0 atom stereocenters. The number of nitrogens with one attached hydrogen (secondary N) is 1. The van der Waals surface area contributed by atoms with E-state index in [0.29, 0.717) is 12.1 Å². The van der Waals surface area contributed by atoms with Gasteiger partial charge in [-0.3, -0.25) is 4.79 Å². The molecule has 3 nitrogen and oxygen atoms in total. The number of benzene rings is 3. The summed E-state index contributed by atoms with van der Waals surface area (Å²) in [5.74, 6) is -0.335. The summed E-state index contributed by atoms with van der Waals surface area (Å²) in [6.07, 6.45) is 3.96. The molecule has 0 saturated carbocycles. The van der Waals surface area contributed by atoms with E-state index in [1.54, 1.807) is 12.1 Å². The Kier molecular flexibility index (Phi) is 3.83. The van der Waals surface area contributed by atoms with Crippen LogP contribution in [0, 0.1) is 5.82 Å². The molecule has 0 spiro atoms. The van der Waals surface area contributed by atoms with E-state index in [1.807, 2.05) is 66.9 Å². The van der Waals surface area contributed by atoms with Gasteiger partial charge in [-0.2, -0.15) is 0 Å². The van der Waals surface area contributed by atoms with Gasteiger partial charge in [0.1, 0.15) is 5.82 Å². The highest BCUT2D eigenvalue weighted by Gasteiger charge is 2.23. The van der Waals surface area contributed by atoms with Crippen LogP contribution in [0.2, 0.25) is 0 Å². The maximum absolute atomic E-state index is 13.6. The van der Waals surface area contributed by atoms with Crippen molar-refractivity contribution in [2.75, 3.05) is 5.32 Å². The van der Waals surface area contributed by atoms with Crippen molar-refractivity contribution in [3.8, 4) is 0 Å². The minimum Gasteiger partial charge on any atom is -0.342 e. The lowest BCUT2D eigenvalue weighted by Crippen LogP contribution is -2.03. The second-order valence-corrected chi connectivity index (χ2v) is 6.92. The first-order valence-electron chi connectivity index (χ1n) is 9.14. The first kappa shape index (κ1) is 16.5. The number of nitrogens with zero attached hydrogens (tertiary/aromatic N) is 1. The minimum atomic E-state index is -0.240. The predicted molar refractivity (Wildman–Crippen MR) is 110 cm³/mol. The number of halogens is 1. The van der Waals surface area contributed by atoms with Crippen molar-refractivity contribution in [1.82, 2.24) is 4.57 Å². The lowest BCUT2D eigenvalue weighted by Gasteiger charge is -2.05. The minimum absolute atomic E-state index is 0.0943. The molecule has 2 heterocycles.